The molecule has 0 aliphatic heterocycles. The Labute approximate surface area is 156 Å². The van der Waals surface area contributed by atoms with Gasteiger partial charge in [-0.15, -0.1) is 0 Å². The maximum absolute atomic E-state index is 13.3. The fourth-order valence-electron chi connectivity index (χ4n) is 4.06. The zero-order chi connectivity index (χ0) is 18.8. The van der Waals surface area contributed by atoms with Crippen molar-refractivity contribution in [1.29, 1.82) is 0 Å². The number of hydrogen-bond donors (Lipinski definition) is 2. The van der Waals surface area contributed by atoms with E-state index in [1.807, 2.05) is 0 Å². The lowest BCUT2D eigenvalue weighted by atomic mass is 9.87. The Kier molecular flexibility index (Phi) is 5.09. The summed E-state index contributed by atoms with van der Waals surface area (Å²) >= 11 is 0. The summed E-state index contributed by atoms with van der Waals surface area (Å²) in [6, 6.07) is 3.36. The molecule has 2 aliphatic carbocycles. The van der Waals surface area contributed by atoms with Gasteiger partial charge in [-0.1, -0.05) is 0 Å². The lowest BCUT2D eigenvalue weighted by Crippen LogP contribution is -2.43. The molecule has 5 nitrogen and oxygen atoms in total. The van der Waals surface area contributed by atoms with E-state index < -0.39 is 11.6 Å². The monoisotopic (exact) mass is 375 g/mol. The first-order valence-electron chi connectivity index (χ1n) is 9.51. The van der Waals surface area contributed by atoms with E-state index in [2.05, 4.69) is 15.3 Å². The number of halogens is 2. The number of carbonyl (C=O) groups excluding carboxylic acids is 1. The predicted octanol–water partition coefficient (Wildman–Crippen LogP) is 3.30. The van der Waals surface area contributed by atoms with Gasteiger partial charge in [0.2, 0.25) is 5.91 Å². The van der Waals surface area contributed by atoms with Crippen molar-refractivity contribution in [3.63, 3.8) is 0 Å². The van der Waals surface area contributed by atoms with Gasteiger partial charge in [-0.05, 0) is 38.5 Å². The third kappa shape index (κ3) is 4.28. The number of imidazole rings is 1. The Bertz CT molecular complexity index is 795. The van der Waals surface area contributed by atoms with Gasteiger partial charge in [0.05, 0.1) is 18.1 Å². The zero-order valence-corrected chi connectivity index (χ0v) is 15.0. The van der Waals surface area contributed by atoms with Crippen LogP contribution in [0.4, 0.5) is 8.78 Å². The van der Waals surface area contributed by atoms with Crippen LogP contribution in [0.3, 0.4) is 0 Å². The number of benzene rings is 1. The van der Waals surface area contributed by atoms with E-state index in [4.69, 9.17) is 4.74 Å². The number of H-pyrrole nitrogens is 1. The summed E-state index contributed by atoms with van der Waals surface area (Å²) in [5.74, 6) is -0.968. The average Bonchev–Trinajstić information content (AvgIpc) is 3.10. The summed E-state index contributed by atoms with van der Waals surface area (Å²) < 4.78 is 32.2. The Morgan fingerprint density at radius 2 is 1.85 bits per heavy atom. The number of nitrogens with one attached hydrogen (secondary N) is 2. The molecule has 0 radical (unpaired) electrons. The van der Waals surface area contributed by atoms with Gasteiger partial charge < -0.3 is 15.0 Å². The highest BCUT2D eigenvalue weighted by atomic mass is 19.1. The van der Waals surface area contributed by atoms with Crippen LogP contribution in [-0.4, -0.2) is 28.0 Å². The molecule has 1 heterocycles. The first-order valence-corrected chi connectivity index (χ1v) is 9.51. The fraction of sp³-hybridized carbons (Fsp3) is 0.500. The minimum atomic E-state index is -0.640. The van der Waals surface area contributed by atoms with Crippen LogP contribution in [0.5, 0.6) is 5.75 Å². The quantitative estimate of drug-likeness (QED) is 0.862. The van der Waals surface area contributed by atoms with Crippen molar-refractivity contribution in [3.8, 4) is 5.75 Å². The molecule has 1 amide bonds. The SMILES string of the molecule is O=C(NC1CCC(Oc2cc(F)cc(F)c2)CC1)C1CCc2nc[nH]c2C1. The number of aryl methyl sites for hydroxylation is 1. The highest BCUT2D eigenvalue weighted by Gasteiger charge is 2.29. The summed E-state index contributed by atoms with van der Waals surface area (Å²) in [7, 11) is 0. The molecule has 27 heavy (non-hydrogen) atoms. The summed E-state index contributed by atoms with van der Waals surface area (Å²) in [6.45, 7) is 0. The fourth-order valence-corrected chi connectivity index (χ4v) is 4.06. The summed E-state index contributed by atoms with van der Waals surface area (Å²) in [5.41, 5.74) is 2.14. The van der Waals surface area contributed by atoms with Gasteiger partial charge in [0.25, 0.3) is 0 Å². The summed E-state index contributed by atoms with van der Waals surface area (Å²) in [5, 5.41) is 3.17. The molecule has 0 bridgehead atoms. The highest BCUT2D eigenvalue weighted by molar-refractivity contribution is 5.79. The molecular weight excluding hydrogens is 352 g/mol. The molecule has 0 spiro atoms. The maximum atomic E-state index is 13.3. The Hall–Kier alpha value is -2.44. The third-order valence-electron chi connectivity index (χ3n) is 5.52. The van der Waals surface area contributed by atoms with Crippen LogP contribution in [-0.2, 0) is 17.6 Å². The van der Waals surface area contributed by atoms with Gasteiger partial charge in [0.15, 0.2) is 0 Å². The molecule has 144 valence electrons. The van der Waals surface area contributed by atoms with Crippen LogP contribution in [0.15, 0.2) is 24.5 Å². The van der Waals surface area contributed by atoms with Crippen LogP contribution >= 0.6 is 0 Å². The molecule has 2 aromatic rings. The smallest absolute Gasteiger partial charge is 0.223 e. The van der Waals surface area contributed by atoms with Crippen LogP contribution in [0.1, 0.15) is 43.5 Å². The molecule has 1 fully saturated rings. The Morgan fingerprint density at radius 3 is 2.59 bits per heavy atom. The number of fused-ring (bicyclic) bond motifs is 1. The first kappa shape index (κ1) is 17.9. The minimum absolute atomic E-state index is 0.0119. The number of amides is 1. The van der Waals surface area contributed by atoms with Crippen LogP contribution in [0.2, 0.25) is 0 Å². The molecule has 1 saturated carbocycles. The molecular formula is C20H23F2N3O2. The van der Waals surface area contributed by atoms with E-state index >= 15 is 0 Å². The number of carbonyl (C=O) groups is 1. The molecule has 2 N–H and O–H groups in total. The molecule has 1 unspecified atom stereocenters. The number of ether oxygens (including phenoxy) is 1. The van der Waals surface area contributed by atoms with Crippen molar-refractivity contribution in [2.45, 2.75) is 57.1 Å². The van der Waals surface area contributed by atoms with Crippen molar-refractivity contribution in [2.24, 2.45) is 5.92 Å². The van der Waals surface area contributed by atoms with E-state index in [0.717, 1.165) is 56.0 Å². The Morgan fingerprint density at radius 1 is 1.11 bits per heavy atom. The van der Waals surface area contributed by atoms with Crippen LogP contribution in [0.25, 0.3) is 0 Å². The number of nitrogens with zero attached hydrogens (tertiary/aromatic N) is 1. The lowest BCUT2D eigenvalue weighted by molar-refractivity contribution is -0.126. The van der Waals surface area contributed by atoms with E-state index in [1.54, 1.807) is 6.33 Å². The Balaban J connectivity index is 1.25. The topological polar surface area (TPSA) is 67.0 Å². The summed E-state index contributed by atoms with van der Waals surface area (Å²) in [4.78, 5) is 20.0. The standard InChI is InChI=1S/C20H23F2N3O2/c21-13-8-14(22)10-17(9-13)27-16-4-2-15(3-5-16)25-20(26)12-1-6-18-19(7-12)24-11-23-18/h8-12,15-16H,1-7H2,(H,23,24)(H,25,26). The lowest BCUT2D eigenvalue weighted by Gasteiger charge is -2.31. The first-order chi connectivity index (χ1) is 13.1. The van der Waals surface area contributed by atoms with Crippen molar-refractivity contribution < 1.29 is 18.3 Å². The van der Waals surface area contributed by atoms with Gasteiger partial charge >= 0.3 is 0 Å². The van der Waals surface area contributed by atoms with Gasteiger partial charge in [0, 0.05) is 42.3 Å². The van der Waals surface area contributed by atoms with Gasteiger partial charge in [-0.2, -0.15) is 0 Å². The van der Waals surface area contributed by atoms with Gasteiger partial charge in [-0.3, -0.25) is 4.79 Å². The summed E-state index contributed by atoms with van der Waals surface area (Å²) in [6.07, 6.45) is 7.08. The molecule has 7 heteroatoms. The molecule has 1 atom stereocenters. The molecule has 0 saturated heterocycles. The van der Waals surface area contributed by atoms with E-state index in [1.165, 1.54) is 12.1 Å². The predicted molar refractivity (Wildman–Crippen MR) is 95.3 cm³/mol. The van der Waals surface area contributed by atoms with E-state index in [-0.39, 0.29) is 29.7 Å². The van der Waals surface area contributed by atoms with Crippen molar-refractivity contribution in [1.82, 2.24) is 15.3 Å². The number of aromatic amines is 1. The largest absolute Gasteiger partial charge is 0.490 e. The number of hydrogen-bond acceptors (Lipinski definition) is 3. The maximum Gasteiger partial charge on any atom is 0.223 e. The van der Waals surface area contributed by atoms with Gasteiger partial charge in [-0.25, -0.2) is 13.8 Å². The second kappa shape index (κ2) is 7.66. The molecule has 2 aliphatic rings. The average molecular weight is 375 g/mol. The third-order valence-corrected chi connectivity index (χ3v) is 5.52. The van der Waals surface area contributed by atoms with Crippen LogP contribution < -0.4 is 10.1 Å². The van der Waals surface area contributed by atoms with Gasteiger partial charge in [0.1, 0.15) is 17.4 Å². The van der Waals surface area contributed by atoms with E-state index in [0.29, 0.717) is 6.42 Å². The van der Waals surface area contributed by atoms with Crippen molar-refractivity contribution in [2.75, 3.05) is 0 Å². The van der Waals surface area contributed by atoms with E-state index in [9.17, 15) is 13.6 Å². The van der Waals surface area contributed by atoms with Crippen LogP contribution in [0, 0.1) is 17.6 Å². The highest BCUT2D eigenvalue weighted by Crippen LogP contribution is 2.27. The second-order valence-electron chi connectivity index (χ2n) is 7.47. The normalized spacial score (nSPS) is 24.9. The van der Waals surface area contributed by atoms with Crippen molar-refractivity contribution >= 4 is 5.91 Å². The number of aromatic nitrogens is 2. The molecule has 1 aromatic carbocycles. The second-order valence-corrected chi connectivity index (χ2v) is 7.47. The molecule has 4 rings (SSSR count). The molecule has 1 aromatic heterocycles. The number of rotatable bonds is 4. The van der Waals surface area contributed by atoms with Crippen molar-refractivity contribution in [3.05, 3.63) is 47.5 Å². The minimum Gasteiger partial charge on any atom is -0.490 e. The zero-order valence-electron chi connectivity index (χ0n) is 15.0.